The van der Waals surface area contributed by atoms with Gasteiger partial charge in [0.15, 0.2) is 0 Å². The van der Waals surface area contributed by atoms with E-state index >= 15 is 4.79 Å². The highest BCUT2D eigenvalue weighted by atomic mass is 16.2. The van der Waals surface area contributed by atoms with Gasteiger partial charge in [-0.25, -0.2) is 4.79 Å². The van der Waals surface area contributed by atoms with E-state index in [9.17, 15) is 0 Å². The Morgan fingerprint density at radius 2 is 0.758 bits per heavy atom. The Morgan fingerprint density at radius 1 is 0.435 bits per heavy atom. The molecule has 6 aliphatic carbocycles. The number of hydrogen-bond acceptors (Lipinski definition) is 1. The third-order valence-electron chi connectivity index (χ3n) is 18.7. The molecular weight excluding hydrogens is 750 g/mol. The first-order valence-corrected chi connectivity index (χ1v) is 23.8. The van der Waals surface area contributed by atoms with E-state index in [1.165, 1.54) is 151 Å². The highest BCUT2D eigenvalue weighted by molar-refractivity contribution is 7.00. The lowest BCUT2D eigenvalue weighted by atomic mass is 9.32. The molecule has 2 amide bonds. The third-order valence-corrected chi connectivity index (χ3v) is 18.7. The van der Waals surface area contributed by atoms with Crippen LogP contribution in [-0.2, 0) is 21.7 Å². The summed E-state index contributed by atoms with van der Waals surface area (Å²) < 4.78 is 0. The van der Waals surface area contributed by atoms with E-state index in [1.54, 1.807) is 0 Å². The number of anilines is 4. The number of urea groups is 1. The van der Waals surface area contributed by atoms with E-state index in [0.717, 1.165) is 22.7 Å². The van der Waals surface area contributed by atoms with Crippen LogP contribution >= 0.6 is 0 Å². The van der Waals surface area contributed by atoms with Gasteiger partial charge in [0.05, 0.1) is 11.4 Å². The first-order valence-electron chi connectivity index (χ1n) is 23.8. The molecule has 0 unspecified atom stereocenters. The number of amides is 2. The second-order valence-electron chi connectivity index (χ2n) is 22.7. The number of nitrogens with zero attached hydrogens (tertiary/aromatic N) is 2. The smallest absolute Gasteiger partial charge is 0.263 e. The van der Waals surface area contributed by atoms with E-state index < -0.39 is 0 Å². The van der Waals surface area contributed by atoms with Crippen molar-refractivity contribution in [3.63, 3.8) is 0 Å². The molecule has 3 aliphatic heterocycles. The Labute approximate surface area is 369 Å². The molecule has 0 atom stereocenters. The lowest BCUT2D eigenvalue weighted by Crippen LogP contribution is -2.65. The number of fused-ring (bicyclic) bond motifs is 8. The zero-order valence-electron chi connectivity index (χ0n) is 38.5. The van der Waals surface area contributed by atoms with Crippen LogP contribution < -0.4 is 42.6 Å². The van der Waals surface area contributed by atoms with Crippen LogP contribution in [0.25, 0.3) is 10.8 Å². The van der Waals surface area contributed by atoms with Gasteiger partial charge in [-0.1, -0.05) is 133 Å². The van der Waals surface area contributed by atoms with E-state index in [0.29, 0.717) is 0 Å². The number of benzene rings is 6. The highest BCUT2D eigenvalue weighted by Crippen LogP contribution is 2.59. The van der Waals surface area contributed by atoms with Crippen molar-refractivity contribution >= 4 is 85.8 Å². The molecule has 0 N–H and O–H groups in total. The number of rotatable bonds is 2. The van der Waals surface area contributed by atoms with Crippen LogP contribution in [0.1, 0.15) is 135 Å². The third kappa shape index (κ3) is 4.49. The second-order valence-corrected chi connectivity index (χ2v) is 22.7. The Kier molecular flexibility index (Phi) is 7.11. The summed E-state index contributed by atoms with van der Waals surface area (Å²) in [5, 5.41) is 2.43. The lowest BCUT2D eigenvalue weighted by molar-refractivity contribution is 0.188. The topological polar surface area (TPSA) is 23.6 Å². The van der Waals surface area contributed by atoms with Crippen LogP contribution in [0.5, 0.6) is 0 Å². The fourth-order valence-corrected chi connectivity index (χ4v) is 15.2. The standard InChI is InChI=1S/C57H58B2N2O/c1-31-23-33(3)49(34(4)24-31)58-42-13-11-37-12-14-43-52-48(37)51(42)60(46-29-40-38(27-44(46)58)54(7)15-19-56(40,9)20-16-54)53(62)61(52)47-30-41-39(55(8)17-21-57(41,10)22-18-55)28-45(47)59(43)50-35(5)25-32(2)26-36(50)6/h11-14,23-30H,15-22H2,1-10H3. The van der Waals surface area contributed by atoms with Crippen molar-refractivity contribution in [2.45, 2.75) is 142 Å². The maximum atomic E-state index is 16.5. The molecule has 3 heterocycles. The predicted molar refractivity (Wildman–Crippen MR) is 263 cm³/mol. The minimum absolute atomic E-state index is 0.00939. The summed E-state index contributed by atoms with van der Waals surface area (Å²) >= 11 is 0. The minimum atomic E-state index is 0.00939. The number of carbonyl (C=O) groups excluding carboxylic acids is 1. The zero-order valence-corrected chi connectivity index (χ0v) is 38.5. The van der Waals surface area contributed by atoms with Gasteiger partial charge in [-0.05, 0) is 176 Å². The summed E-state index contributed by atoms with van der Waals surface area (Å²) in [4.78, 5) is 21.0. The molecule has 15 rings (SSSR count). The molecule has 6 aromatic carbocycles. The summed E-state index contributed by atoms with van der Waals surface area (Å²) in [7, 11) is 0. The van der Waals surface area contributed by atoms with Crippen molar-refractivity contribution in [2.24, 2.45) is 0 Å². The van der Waals surface area contributed by atoms with E-state index in [1.807, 2.05) is 0 Å². The minimum Gasteiger partial charge on any atom is -0.263 e. The van der Waals surface area contributed by atoms with Crippen molar-refractivity contribution in [3.05, 3.63) is 128 Å². The molecular formula is C57H58B2N2O. The quantitative estimate of drug-likeness (QED) is 0.160. The number of aryl methyl sites for hydroxylation is 6. The van der Waals surface area contributed by atoms with Gasteiger partial charge in [0.2, 0.25) is 13.4 Å². The molecule has 2 fully saturated rings. The largest absolute Gasteiger partial charge is 0.338 e. The van der Waals surface area contributed by atoms with Gasteiger partial charge in [-0.15, -0.1) is 0 Å². The molecule has 6 aromatic rings. The summed E-state index contributed by atoms with van der Waals surface area (Å²) in [5.74, 6) is 0. The highest BCUT2D eigenvalue weighted by Gasteiger charge is 2.54. The maximum Gasteiger partial charge on any atom is 0.338 e. The summed E-state index contributed by atoms with van der Waals surface area (Å²) in [6, 6.07) is 29.4. The molecule has 0 radical (unpaired) electrons. The molecule has 0 spiro atoms. The molecule has 308 valence electrons. The second kappa shape index (κ2) is 11.8. The van der Waals surface area contributed by atoms with Crippen LogP contribution in [0.2, 0.25) is 0 Å². The molecule has 5 heteroatoms. The summed E-state index contributed by atoms with van der Waals surface area (Å²) in [5.41, 5.74) is 26.7. The summed E-state index contributed by atoms with van der Waals surface area (Å²) in [6.07, 6.45) is 9.74. The van der Waals surface area contributed by atoms with Crippen molar-refractivity contribution in [2.75, 3.05) is 9.80 Å². The molecule has 0 aromatic heterocycles. The van der Waals surface area contributed by atoms with Gasteiger partial charge in [-0.3, -0.25) is 9.80 Å². The fraction of sp³-hybridized carbons (Fsp3) is 0.386. The maximum absolute atomic E-state index is 16.5. The number of carbonyl (C=O) groups is 1. The van der Waals surface area contributed by atoms with Crippen LogP contribution in [-0.4, -0.2) is 19.5 Å². The van der Waals surface area contributed by atoms with Gasteiger partial charge in [0, 0.05) is 16.8 Å². The van der Waals surface area contributed by atoms with Gasteiger partial charge in [-0.2, -0.15) is 0 Å². The fourth-order valence-electron chi connectivity index (χ4n) is 15.2. The normalized spacial score (nSPS) is 26.8. The van der Waals surface area contributed by atoms with Gasteiger partial charge >= 0.3 is 6.03 Å². The van der Waals surface area contributed by atoms with Crippen molar-refractivity contribution < 1.29 is 4.79 Å². The van der Waals surface area contributed by atoms with Crippen LogP contribution in [0.15, 0.2) is 72.8 Å². The molecule has 9 aliphatic rings. The van der Waals surface area contributed by atoms with E-state index in [2.05, 4.69) is 152 Å². The van der Waals surface area contributed by atoms with Crippen molar-refractivity contribution in [1.29, 1.82) is 0 Å². The molecule has 62 heavy (non-hydrogen) atoms. The Balaban J connectivity index is 1.17. The average Bonchev–Trinajstić information content (AvgIpc) is 3.22. The van der Waals surface area contributed by atoms with Gasteiger partial charge in [0.25, 0.3) is 0 Å². The first kappa shape index (κ1) is 37.5. The van der Waals surface area contributed by atoms with Crippen LogP contribution in [0.3, 0.4) is 0 Å². The molecule has 2 saturated carbocycles. The van der Waals surface area contributed by atoms with Gasteiger partial charge < -0.3 is 0 Å². The number of hydrogen-bond donors (Lipinski definition) is 0. The lowest BCUT2D eigenvalue weighted by Gasteiger charge is -2.54. The average molecular weight is 809 g/mol. The molecule has 3 nitrogen and oxygen atoms in total. The summed E-state index contributed by atoms with van der Waals surface area (Å²) in [6.45, 7) is 23.8. The van der Waals surface area contributed by atoms with Crippen molar-refractivity contribution in [1.82, 2.24) is 0 Å². The first-order chi connectivity index (χ1) is 29.5. The monoisotopic (exact) mass is 808 g/mol. The molecule has 4 bridgehead atoms. The van der Waals surface area contributed by atoms with Gasteiger partial charge in [0.1, 0.15) is 0 Å². The van der Waals surface area contributed by atoms with Crippen LogP contribution in [0, 0.1) is 41.5 Å². The Hall–Kier alpha value is -5.02. The Bertz CT molecular complexity index is 2850. The van der Waals surface area contributed by atoms with Crippen molar-refractivity contribution in [3.8, 4) is 0 Å². The van der Waals surface area contributed by atoms with E-state index in [-0.39, 0.29) is 41.1 Å². The van der Waals surface area contributed by atoms with Crippen LogP contribution in [0.4, 0.5) is 27.5 Å². The Morgan fingerprint density at radius 3 is 1.10 bits per heavy atom. The predicted octanol–water partition coefficient (Wildman–Crippen LogP) is 9.97. The SMILES string of the molecule is Cc1cc(C)c(B2c3cc4c(cc3N3C(=O)N5c6cc7c(cc6B(c6c(C)cc(C)cc6C)c6ccc8ccc2c3c8c65)C2(C)CCC7(C)CC2)C2(C)CCC4(C)CC2)c(C)c1. The zero-order chi connectivity index (χ0) is 42.7. The molecule has 0 saturated heterocycles. The van der Waals surface area contributed by atoms with E-state index in [4.69, 9.17) is 0 Å².